The summed E-state index contributed by atoms with van der Waals surface area (Å²) in [6.07, 6.45) is 9.99. The molecule has 3 aliphatic rings. The van der Waals surface area contributed by atoms with Crippen molar-refractivity contribution >= 4 is 5.69 Å². The Kier molecular flexibility index (Phi) is 4.13. The Labute approximate surface area is 144 Å². The maximum atomic E-state index is 5.83. The van der Waals surface area contributed by atoms with Gasteiger partial charge in [-0.05, 0) is 66.9 Å². The van der Waals surface area contributed by atoms with E-state index in [-0.39, 0.29) is 0 Å². The van der Waals surface area contributed by atoms with Gasteiger partial charge in [0.05, 0.1) is 20.3 Å². The van der Waals surface area contributed by atoms with Crippen LogP contribution in [0, 0.1) is 11.3 Å². The van der Waals surface area contributed by atoms with E-state index in [9.17, 15) is 0 Å². The Morgan fingerprint density at radius 2 is 1.96 bits per heavy atom. The van der Waals surface area contributed by atoms with Crippen molar-refractivity contribution in [1.82, 2.24) is 0 Å². The third kappa shape index (κ3) is 2.98. The van der Waals surface area contributed by atoms with E-state index in [1.54, 1.807) is 7.11 Å². The van der Waals surface area contributed by atoms with Gasteiger partial charge in [-0.2, -0.15) is 0 Å². The molecule has 1 aromatic carbocycles. The molecule has 3 nitrogen and oxygen atoms in total. The molecule has 0 aromatic heterocycles. The predicted octanol–water partition coefficient (Wildman–Crippen LogP) is 4.55. The fraction of sp³-hybridized carbons (Fsp3) is 0.524. The quantitative estimate of drug-likeness (QED) is 0.813. The Morgan fingerprint density at radius 3 is 2.67 bits per heavy atom. The highest BCUT2D eigenvalue weighted by atomic mass is 16.5. The summed E-state index contributed by atoms with van der Waals surface area (Å²) in [5, 5.41) is 0. The molecular formula is C21H27NO2. The molecule has 1 saturated carbocycles. The molecule has 1 unspecified atom stereocenters. The van der Waals surface area contributed by atoms with Crippen LogP contribution in [-0.4, -0.2) is 26.9 Å². The van der Waals surface area contributed by atoms with Gasteiger partial charge in [-0.25, -0.2) is 0 Å². The van der Waals surface area contributed by atoms with Crippen LogP contribution >= 0.6 is 0 Å². The molecule has 1 aromatic rings. The summed E-state index contributed by atoms with van der Waals surface area (Å²) < 4.78 is 11.1. The number of anilines is 1. The lowest BCUT2D eigenvalue weighted by atomic mass is 9.75. The molecule has 0 spiro atoms. The molecule has 2 fully saturated rings. The van der Waals surface area contributed by atoms with Gasteiger partial charge < -0.3 is 14.4 Å². The van der Waals surface area contributed by atoms with E-state index in [0.717, 1.165) is 44.3 Å². The van der Waals surface area contributed by atoms with Crippen LogP contribution in [0.3, 0.4) is 0 Å². The molecule has 1 heterocycles. The van der Waals surface area contributed by atoms with E-state index in [2.05, 4.69) is 36.1 Å². The standard InChI is InChI=1S/C21H27NO2/c1-21(17-3-4-17)11-9-20-16(15-21)10-13-24-14-12-22(20)18-5-7-19(23-2)8-6-18/h5-9,15,17H,3-4,10-14H2,1-2H3. The number of fused-ring (bicyclic) bond motifs is 1. The van der Waals surface area contributed by atoms with Crippen LogP contribution in [0.1, 0.15) is 32.6 Å². The third-order valence-corrected chi connectivity index (χ3v) is 5.73. The zero-order valence-electron chi connectivity index (χ0n) is 14.8. The first-order valence-electron chi connectivity index (χ1n) is 9.11. The normalized spacial score (nSPS) is 27.5. The van der Waals surface area contributed by atoms with Crippen LogP contribution in [0.5, 0.6) is 5.75 Å². The van der Waals surface area contributed by atoms with Crippen molar-refractivity contribution in [2.24, 2.45) is 11.3 Å². The smallest absolute Gasteiger partial charge is 0.119 e. The number of benzene rings is 1. The minimum absolute atomic E-state index is 0.351. The Bertz CT molecular complexity index is 657. The first kappa shape index (κ1) is 15.8. The van der Waals surface area contributed by atoms with Crippen LogP contribution in [0.15, 0.2) is 47.7 Å². The topological polar surface area (TPSA) is 21.7 Å². The van der Waals surface area contributed by atoms with Crippen molar-refractivity contribution < 1.29 is 9.47 Å². The fourth-order valence-electron chi connectivity index (χ4n) is 4.08. The summed E-state index contributed by atoms with van der Waals surface area (Å²) in [5.74, 6) is 1.78. The number of rotatable bonds is 3. The molecule has 1 aliphatic heterocycles. The van der Waals surface area contributed by atoms with Crippen molar-refractivity contribution in [2.75, 3.05) is 31.8 Å². The summed E-state index contributed by atoms with van der Waals surface area (Å²) in [6, 6.07) is 8.37. The monoisotopic (exact) mass is 325 g/mol. The maximum absolute atomic E-state index is 5.83. The van der Waals surface area contributed by atoms with E-state index in [4.69, 9.17) is 9.47 Å². The Hall–Kier alpha value is -1.74. The highest BCUT2D eigenvalue weighted by molar-refractivity contribution is 5.59. The van der Waals surface area contributed by atoms with Gasteiger partial charge in [-0.1, -0.05) is 19.1 Å². The van der Waals surface area contributed by atoms with Crippen LogP contribution in [-0.2, 0) is 4.74 Å². The van der Waals surface area contributed by atoms with Crippen LogP contribution < -0.4 is 9.64 Å². The lowest BCUT2D eigenvalue weighted by Crippen LogP contribution is -2.33. The second-order valence-corrected chi connectivity index (χ2v) is 7.46. The number of hydrogen-bond donors (Lipinski definition) is 0. The van der Waals surface area contributed by atoms with E-state index < -0.39 is 0 Å². The lowest BCUT2D eigenvalue weighted by Gasteiger charge is -2.38. The van der Waals surface area contributed by atoms with Crippen LogP contribution in [0.25, 0.3) is 0 Å². The molecule has 4 rings (SSSR count). The number of nitrogens with zero attached hydrogens (tertiary/aromatic N) is 1. The summed E-state index contributed by atoms with van der Waals surface area (Å²) in [6.45, 7) is 4.94. The SMILES string of the molecule is COc1ccc(N2CCOCCC3=CC(C)(C4CC4)CC=C32)cc1. The van der Waals surface area contributed by atoms with Gasteiger partial charge in [-0.15, -0.1) is 0 Å². The van der Waals surface area contributed by atoms with E-state index >= 15 is 0 Å². The van der Waals surface area contributed by atoms with Gasteiger partial charge >= 0.3 is 0 Å². The molecule has 0 radical (unpaired) electrons. The highest BCUT2D eigenvalue weighted by Crippen LogP contribution is 2.52. The lowest BCUT2D eigenvalue weighted by molar-refractivity contribution is 0.140. The van der Waals surface area contributed by atoms with Crippen molar-refractivity contribution in [2.45, 2.75) is 32.6 Å². The van der Waals surface area contributed by atoms with Gasteiger partial charge in [-0.3, -0.25) is 0 Å². The highest BCUT2D eigenvalue weighted by Gasteiger charge is 2.41. The summed E-state index contributed by atoms with van der Waals surface area (Å²) >= 11 is 0. The minimum Gasteiger partial charge on any atom is -0.497 e. The maximum Gasteiger partial charge on any atom is 0.119 e. The van der Waals surface area contributed by atoms with Crippen LogP contribution in [0.4, 0.5) is 5.69 Å². The molecule has 2 aliphatic carbocycles. The van der Waals surface area contributed by atoms with Gasteiger partial charge in [0.25, 0.3) is 0 Å². The zero-order valence-corrected chi connectivity index (χ0v) is 14.8. The number of ether oxygens (including phenoxy) is 2. The zero-order chi connectivity index (χ0) is 16.6. The van der Waals surface area contributed by atoms with Crippen molar-refractivity contribution in [1.29, 1.82) is 0 Å². The second kappa shape index (κ2) is 6.29. The van der Waals surface area contributed by atoms with Gasteiger partial charge in [0.2, 0.25) is 0 Å². The molecular weight excluding hydrogens is 298 g/mol. The predicted molar refractivity (Wildman–Crippen MR) is 97.4 cm³/mol. The summed E-state index contributed by atoms with van der Waals surface area (Å²) in [7, 11) is 1.71. The molecule has 1 atom stereocenters. The number of allylic oxidation sites excluding steroid dienone is 3. The summed E-state index contributed by atoms with van der Waals surface area (Å²) in [4.78, 5) is 2.41. The molecule has 128 valence electrons. The van der Waals surface area contributed by atoms with E-state index in [1.165, 1.54) is 29.8 Å². The molecule has 0 N–H and O–H groups in total. The van der Waals surface area contributed by atoms with Gasteiger partial charge in [0.1, 0.15) is 5.75 Å². The molecule has 24 heavy (non-hydrogen) atoms. The van der Waals surface area contributed by atoms with E-state index in [0.29, 0.717) is 5.41 Å². The van der Waals surface area contributed by atoms with Gasteiger partial charge in [0, 0.05) is 17.9 Å². The average molecular weight is 325 g/mol. The Balaban J connectivity index is 1.65. The largest absolute Gasteiger partial charge is 0.497 e. The number of hydrogen-bond acceptors (Lipinski definition) is 3. The first-order valence-corrected chi connectivity index (χ1v) is 9.11. The van der Waals surface area contributed by atoms with Crippen molar-refractivity contribution in [3.63, 3.8) is 0 Å². The Morgan fingerprint density at radius 1 is 1.17 bits per heavy atom. The minimum atomic E-state index is 0.351. The van der Waals surface area contributed by atoms with Crippen LogP contribution in [0.2, 0.25) is 0 Å². The first-order chi connectivity index (χ1) is 11.7. The number of methoxy groups -OCH3 is 1. The third-order valence-electron chi connectivity index (χ3n) is 5.73. The summed E-state index contributed by atoms with van der Waals surface area (Å²) in [5.41, 5.74) is 4.42. The second-order valence-electron chi connectivity index (χ2n) is 7.46. The fourth-order valence-corrected chi connectivity index (χ4v) is 4.08. The van der Waals surface area contributed by atoms with Gasteiger partial charge in [0.15, 0.2) is 0 Å². The van der Waals surface area contributed by atoms with Crippen molar-refractivity contribution in [3.8, 4) is 5.75 Å². The molecule has 3 heteroatoms. The van der Waals surface area contributed by atoms with Crippen molar-refractivity contribution in [3.05, 3.63) is 47.7 Å². The molecule has 1 saturated heterocycles. The van der Waals surface area contributed by atoms with E-state index in [1.807, 2.05) is 12.1 Å². The molecule has 0 amide bonds. The molecule has 0 bridgehead atoms. The average Bonchev–Trinajstić information content (AvgIpc) is 3.42.